The van der Waals surface area contributed by atoms with Gasteiger partial charge in [0.25, 0.3) is 5.91 Å². The van der Waals surface area contributed by atoms with Crippen LogP contribution in [0.15, 0.2) is 42.9 Å². The summed E-state index contributed by atoms with van der Waals surface area (Å²) in [7, 11) is 2.10. The zero-order valence-electron chi connectivity index (χ0n) is 19.0. The molecule has 7 nitrogen and oxygen atoms in total. The average Bonchev–Trinajstić information content (AvgIpc) is 2.83. The van der Waals surface area contributed by atoms with Crippen molar-refractivity contribution < 1.29 is 9.18 Å². The highest BCUT2D eigenvalue weighted by Crippen LogP contribution is 2.33. The summed E-state index contributed by atoms with van der Waals surface area (Å²) >= 11 is 0. The standard InChI is InChI=1S/C25H29FN6O/c1-3-21-23(18-5-7-22(27)28-14-18)24(31-15-30-21)17-4-6-19(20(26)12-17)25(33)29-13-16-8-10-32(2)11-9-16/h4-7,12,14-16H,3,8-11,13H2,1-2H3,(H2,27,28)(H,29,33). The number of carbonyl (C=O) groups excluding carboxylic acids is 1. The van der Waals surface area contributed by atoms with Gasteiger partial charge in [0.2, 0.25) is 0 Å². The van der Waals surface area contributed by atoms with E-state index in [0.29, 0.717) is 36.0 Å². The van der Waals surface area contributed by atoms with Crippen LogP contribution >= 0.6 is 0 Å². The molecule has 1 amide bonds. The Morgan fingerprint density at radius 1 is 1.15 bits per heavy atom. The van der Waals surface area contributed by atoms with Gasteiger partial charge in [-0.15, -0.1) is 0 Å². The molecule has 1 aliphatic heterocycles. The molecule has 0 atom stereocenters. The summed E-state index contributed by atoms with van der Waals surface area (Å²) in [6.45, 7) is 4.61. The lowest BCUT2D eigenvalue weighted by Gasteiger charge is -2.28. The fourth-order valence-electron chi connectivity index (χ4n) is 4.21. The van der Waals surface area contributed by atoms with Crippen molar-refractivity contribution in [2.45, 2.75) is 26.2 Å². The summed E-state index contributed by atoms with van der Waals surface area (Å²) in [6, 6.07) is 8.17. The zero-order chi connectivity index (χ0) is 23.4. The number of piperidine rings is 1. The Morgan fingerprint density at radius 2 is 1.91 bits per heavy atom. The number of aromatic nitrogens is 3. The van der Waals surface area contributed by atoms with Gasteiger partial charge in [-0.25, -0.2) is 19.3 Å². The maximum absolute atomic E-state index is 15.0. The highest BCUT2D eigenvalue weighted by Gasteiger charge is 2.20. The number of nitrogens with two attached hydrogens (primary N) is 1. The third-order valence-corrected chi connectivity index (χ3v) is 6.21. The molecule has 3 heterocycles. The number of nitrogen functional groups attached to an aromatic ring is 1. The van der Waals surface area contributed by atoms with Gasteiger partial charge in [-0.3, -0.25) is 4.79 Å². The Morgan fingerprint density at radius 3 is 2.58 bits per heavy atom. The van der Waals surface area contributed by atoms with Crippen LogP contribution in [0.1, 0.15) is 35.8 Å². The molecular formula is C25H29FN6O. The van der Waals surface area contributed by atoms with Crippen LogP contribution in [0.2, 0.25) is 0 Å². The number of benzene rings is 1. The summed E-state index contributed by atoms with van der Waals surface area (Å²) in [5.74, 6) is -0.127. The molecule has 4 rings (SSSR count). The molecule has 0 spiro atoms. The molecule has 1 fully saturated rings. The highest BCUT2D eigenvalue weighted by molar-refractivity contribution is 5.95. The number of hydrogen-bond donors (Lipinski definition) is 2. The molecule has 3 N–H and O–H groups in total. The van der Waals surface area contributed by atoms with E-state index in [0.717, 1.165) is 42.8 Å². The topological polar surface area (TPSA) is 97.0 Å². The van der Waals surface area contributed by atoms with Crippen LogP contribution in [0.3, 0.4) is 0 Å². The van der Waals surface area contributed by atoms with Gasteiger partial charge in [-0.05, 0) is 69.6 Å². The number of nitrogens with one attached hydrogen (secondary N) is 1. The molecule has 1 aromatic carbocycles. The molecule has 2 aromatic heterocycles. The second-order valence-electron chi connectivity index (χ2n) is 8.52. The van der Waals surface area contributed by atoms with Crippen LogP contribution in [-0.4, -0.2) is 52.4 Å². The Bertz CT molecular complexity index is 1130. The molecule has 0 saturated carbocycles. The minimum Gasteiger partial charge on any atom is -0.384 e. The smallest absolute Gasteiger partial charge is 0.254 e. The van der Waals surface area contributed by atoms with Gasteiger partial charge < -0.3 is 16.0 Å². The van der Waals surface area contributed by atoms with Crippen molar-refractivity contribution in [3.05, 3.63) is 59.9 Å². The van der Waals surface area contributed by atoms with Gasteiger partial charge in [-0.1, -0.05) is 13.0 Å². The van der Waals surface area contributed by atoms with Gasteiger partial charge in [0, 0.05) is 29.4 Å². The number of carbonyl (C=O) groups is 1. The van der Waals surface area contributed by atoms with E-state index in [1.165, 1.54) is 18.5 Å². The summed E-state index contributed by atoms with van der Waals surface area (Å²) in [6.07, 6.45) is 5.89. The van der Waals surface area contributed by atoms with Crippen molar-refractivity contribution in [2.24, 2.45) is 5.92 Å². The number of amides is 1. The number of pyridine rings is 1. The minimum absolute atomic E-state index is 0.0344. The zero-order valence-corrected chi connectivity index (χ0v) is 19.0. The quantitative estimate of drug-likeness (QED) is 0.599. The average molecular weight is 449 g/mol. The largest absolute Gasteiger partial charge is 0.384 e. The normalized spacial score (nSPS) is 14.9. The monoisotopic (exact) mass is 448 g/mol. The molecule has 1 aliphatic rings. The molecule has 8 heteroatoms. The molecule has 0 aliphatic carbocycles. The Labute approximate surface area is 193 Å². The minimum atomic E-state index is -0.577. The van der Waals surface area contributed by atoms with E-state index >= 15 is 4.39 Å². The number of hydrogen-bond acceptors (Lipinski definition) is 6. The van der Waals surface area contributed by atoms with Crippen LogP contribution in [0.25, 0.3) is 22.4 Å². The van der Waals surface area contributed by atoms with Crippen molar-refractivity contribution >= 4 is 11.7 Å². The van der Waals surface area contributed by atoms with Crippen molar-refractivity contribution in [1.82, 2.24) is 25.2 Å². The van der Waals surface area contributed by atoms with Crippen LogP contribution in [0.5, 0.6) is 0 Å². The van der Waals surface area contributed by atoms with E-state index in [1.807, 2.05) is 13.0 Å². The van der Waals surface area contributed by atoms with Crippen molar-refractivity contribution in [2.75, 3.05) is 32.4 Å². The first kappa shape index (κ1) is 22.8. The van der Waals surface area contributed by atoms with Crippen molar-refractivity contribution in [3.63, 3.8) is 0 Å². The van der Waals surface area contributed by atoms with Gasteiger partial charge in [-0.2, -0.15) is 0 Å². The van der Waals surface area contributed by atoms with Crippen molar-refractivity contribution in [3.8, 4) is 22.4 Å². The van der Waals surface area contributed by atoms with Crippen LogP contribution in [-0.2, 0) is 6.42 Å². The van der Waals surface area contributed by atoms with Crippen molar-refractivity contribution in [1.29, 1.82) is 0 Å². The maximum Gasteiger partial charge on any atom is 0.254 e. The second-order valence-corrected chi connectivity index (χ2v) is 8.52. The summed E-state index contributed by atoms with van der Waals surface area (Å²) in [5, 5.41) is 2.90. The lowest BCUT2D eigenvalue weighted by Crippen LogP contribution is -2.37. The van der Waals surface area contributed by atoms with Gasteiger partial charge in [0.1, 0.15) is 18.0 Å². The van der Waals surface area contributed by atoms with Gasteiger partial charge >= 0.3 is 0 Å². The Balaban J connectivity index is 1.58. The molecule has 0 radical (unpaired) electrons. The SMILES string of the molecule is CCc1ncnc(-c2ccc(C(=O)NCC3CCN(C)CC3)c(F)c2)c1-c1ccc(N)nc1. The molecule has 1 saturated heterocycles. The fraction of sp³-hybridized carbons (Fsp3) is 0.360. The summed E-state index contributed by atoms with van der Waals surface area (Å²) < 4.78 is 15.0. The number of anilines is 1. The van der Waals surface area contributed by atoms with Crippen LogP contribution < -0.4 is 11.1 Å². The molecule has 3 aromatic rings. The van der Waals surface area contributed by atoms with E-state index in [4.69, 9.17) is 5.73 Å². The number of rotatable bonds is 6. The first-order valence-corrected chi connectivity index (χ1v) is 11.3. The van der Waals surface area contributed by atoms with E-state index in [-0.39, 0.29) is 5.56 Å². The molecule has 0 unspecified atom stereocenters. The summed E-state index contributed by atoms with van der Waals surface area (Å²) in [5.41, 5.74) is 9.34. The first-order chi connectivity index (χ1) is 16.0. The lowest BCUT2D eigenvalue weighted by atomic mass is 9.96. The third kappa shape index (κ3) is 5.17. The number of nitrogens with zero attached hydrogens (tertiary/aromatic N) is 4. The molecule has 0 bridgehead atoms. The number of likely N-dealkylation sites (tertiary alicyclic amines) is 1. The van der Waals surface area contributed by atoms with Crippen LogP contribution in [0, 0.1) is 11.7 Å². The highest BCUT2D eigenvalue weighted by atomic mass is 19.1. The predicted octanol–water partition coefficient (Wildman–Crippen LogP) is 3.56. The Hall–Kier alpha value is -3.39. The van der Waals surface area contributed by atoms with Gasteiger partial charge in [0.15, 0.2) is 0 Å². The summed E-state index contributed by atoms with van der Waals surface area (Å²) in [4.78, 5) is 27.9. The second kappa shape index (κ2) is 10.0. The number of aryl methyl sites for hydroxylation is 1. The predicted molar refractivity (Wildman–Crippen MR) is 127 cm³/mol. The van der Waals surface area contributed by atoms with E-state index in [1.54, 1.807) is 18.3 Å². The molecule has 33 heavy (non-hydrogen) atoms. The maximum atomic E-state index is 15.0. The molecule has 172 valence electrons. The fourth-order valence-corrected chi connectivity index (χ4v) is 4.21. The lowest BCUT2D eigenvalue weighted by molar-refractivity contribution is 0.0935. The van der Waals surface area contributed by atoms with E-state index in [2.05, 4.69) is 32.2 Å². The van der Waals surface area contributed by atoms with E-state index < -0.39 is 11.7 Å². The third-order valence-electron chi connectivity index (χ3n) is 6.21. The van der Waals surface area contributed by atoms with Gasteiger partial charge in [0.05, 0.1) is 17.0 Å². The molecular weight excluding hydrogens is 419 g/mol. The Kier molecular flexibility index (Phi) is 6.93. The number of halogens is 1. The van der Waals surface area contributed by atoms with E-state index in [9.17, 15) is 4.79 Å². The van der Waals surface area contributed by atoms with Crippen LogP contribution in [0.4, 0.5) is 10.2 Å². The first-order valence-electron chi connectivity index (χ1n) is 11.3.